The SMILES string of the molecule is CSC(=Nc1cc(S(=O)(=O)N(C)C)ccc1S(=O)(=O)c1ccc(C)cc1)NC#N. The Labute approximate surface area is 175 Å². The van der Waals surface area contributed by atoms with E-state index in [4.69, 9.17) is 5.26 Å². The third-order valence-corrected chi connectivity index (χ3v) is 8.12. The number of nitrogens with one attached hydrogen (secondary N) is 1. The molecule has 0 heterocycles. The summed E-state index contributed by atoms with van der Waals surface area (Å²) in [4.78, 5) is 3.98. The molecule has 0 aliphatic rings. The number of nitrogens with zero attached hydrogens (tertiary/aromatic N) is 3. The van der Waals surface area contributed by atoms with Gasteiger partial charge in [-0.3, -0.25) is 5.32 Å². The molecular weight excluding hydrogens is 432 g/mol. The van der Waals surface area contributed by atoms with E-state index in [9.17, 15) is 16.8 Å². The predicted octanol–water partition coefficient (Wildman–Crippen LogP) is 2.50. The molecule has 0 radical (unpaired) electrons. The summed E-state index contributed by atoms with van der Waals surface area (Å²) < 4.78 is 52.3. The number of aryl methyl sites for hydroxylation is 1. The third-order valence-electron chi connectivity index (χ3n) is 3.91. The van der Waals surface area contributed by atoms with E-state index in [-0.39, 0.29) is 25.5 Å². The highest BCUT2D eigenvalue weighted by Crippen LogP contribution is 2.33. The van der Waals surface area contributed by atoms with Gasteiger partial charge in [-0.15, -0.1) is 0 Å². The van der Waals surface area contributed by atoms with Gasteiger partial charge >= 0.3 is 0 Å². The standard InChI is InChI=1S/C18H20N4O4S3/c1-13-5-7-14(8-6-13)28(23,24)17-10-9-15(29(25,26)22(2)3)11-16(17)21-18(27-4)20-12-19/h5-11H,1-4H3,(H,20,21). The molecule has 0 aliphatic carbocycles. The quantitative estimate of drug-likeness (QED) is 0.320. The molecule has 0 fully saturated rings. The van der Waals surface area contributed by atoms with Crippen molar-refractivity contribution in [3.05, 3.63) is 48.0 Å². The van der Waals surface area contributed by atoms with Crippen LogP contribution < -0.4 is 5.32 Å². The topological polar surface area (TPSA) is 120 Å². The van der Waals surface area contributed by atoms with Crippen molar-refractivity contribution in [3.8, 4) is 6.19 Å². The van der Waals surface area contributed by atoms with Crippen molar-refractivity contribution in [1.29, 1.82) is 5.26 Å². The van der Waals surface area contributed by atoms with Crippen molar-refractivity contribution in [2.45, 2.75) is 21.6 Å². The number of nitriles is 1. The van der Waals surface area contributed by atoms with Crippen LogP contribution in [0.4, 0.5) is 5.69 Å². The molecule has 154 valence electrons. The fourth-order valence-corrected chi connectivity index (χ4v) is 4.94. The first-order valence-electron chi connectivity index (χ1n) is 8.20. The van der Waals surface area contributed by atoms with Gasteiger partial charge in [0, 0.05) is 14.1 Å². The summed E-state index contributed by atoms with van der Waals surface area (Å²) in [5.74, 6) is 0. The molecule has 2 rings (SSSR count). The molecule has 11 heteroatoms. The fraction of sp³-hybridized carbons (Fsp3) is 0.222. The number of sulfonamides is 1. The number of thioether (sulfide) groups is 1. The zero-order valence-electron chi connectivity index (χ0n) is 16.2. The van der Waals surface area contributed by atoms with Gasteiger partial charge in [0.2, 0.25) is 19.9 Å². The first-order chi connectivity index (χ1) is 13.5. The first-order valence-corrected chi connectivity index (χ1v) is 12.3. The first kappa shape index (κ1) is 22.9. The van der Waals surface area contributed by atoms with Gasteiger partial charge in [0.05, 0.1) is 20.4 Å². The lowest BCUT2D eigenvalue weighted by Gasteiger charge is -2.14. The molecule has 8 nitrogen and oxygen atoms in total. The van der Waals surface area contributed by atoms with Crippen molar-refractivity contribution < 1.29 is 16.8 Å². The van der Waals surface area contributed by atoms with Crippen molar-refractivity contribution >= 4 is 42.5 Å². The van der Waals surface area contributed by atoms with E-state index in [1.807, 2.05) is 6.92 Å². The molecule has 0 aromatic heterocycles. The second-order valence-corrected chi connectivity index (χ2v) is 11.0. The minimum Gasteiger partial charge on any atom is -0.271 e. The smallest absolute Gasteiger partial charge is 0.242 e. The second-order valence-electron chi connectivity index (χ2n) is 6.09. The van der Waals surface area contributed by atoms with Gasteiger partial charge in [0.15, 0.2) is 11.4 Å². The number of amidine groups is 1. The fourth-order valence-electron chi connectivity index (χ4n) is 2.31. The second kappa shape index (κ2) is 8.96. The molecule has 0 saturated heterocycles. The number of hydrogen-bond acceptors (Lipinski definition) is 7. The van der Waals surface area contributed by atoms with Crippen LogP contribution in [-0.4, -0.2) is 46.7 Å². The molecule has 0 spiro atoms. The van der Waals surface area contributed by atoms with E-state index in [1.54, 1.807) is 24.6 Å². The molecule has 0 bridgehead atoms. The average molecular weight is 453 g/mol. The van der Waals surface area contributed by atoms with E-state index in [0.717, 1.165) is 21.6 Å². The van der Waals surface area contributed by atoms with Crippen molar-refractivity contribution in [1.82, 2.24) is 9.62 Å². The summed E-state index contributed by atoms with van der Waals surface area (Å²) in [5, 5.41) is 11.3. The Balaban J connectivity index is 2.78. The molecule has 1 N–H and O–H groups in total. The van der Waals surface area contributed by atoms with E-state index >= 15 is 0 Å². The predicted molar refractivity (Wildman–Crippen MR) is 113 cm³/mol. The molecule has 0 atom stereocenters. The summed E-state index contributed by atoms with van der Waals surface area (Å²) in [5.41, 5.74) is 0.818. The average Bonchev–Trinajstić information content (AvgIpc) is 2.67. The molecule has 0 amide bonds. The van der Waals surface area contributed by atoms with Gasteiger partial charge in [0.1, 0.15) is 0 Å². The van der Waals surface area contributed by atoms with Crippen LogP contribution in [-0.2, 0) is 19.9 Å². The molecule has 2 aromatic carbocycles. The van der Waals surface area contributed by atoms with Crippen LogP contribution in [0.2, 0.25) is 0 Å². The number of rotatable bonds is 5. The zero-order valence-corrected chi connectivity index (χ0v) is 18.7. The van der Waals surface area contributed by atoms with Crippen LogP contribution in [0.15, 0.2) is 62.1 Å². The maximum absolute atomic E-state index is 13.2. The van der Waals surface area contributed by atoms with Gasteiger partial charge in [-0.2, -0.15) is 5.26 Å². The van der Waals surface area contributed by atoms with E-state index in [2.05, 4.69) is 10.3 Å². The Morgan fingerprint density at radius 1 is 1.07 bits per heavy atom. The van der Waals surface area contributed by atoms with Crippen LogP contribution >= 0.6 is 11.8 Å². The normalized spacial score (nSPS) is 12.6. The highest BCUT2D eigenvalue weighted by atomic mass is 32.2. The molecule has 0 unspecified atom stereocenters. The summed E-state index contributed by atoms with van der Waals surface area (Å²) in [6.45, 7) is 1.84. The van der Waals surface area contributed by atoms with Crippen molar-refractivity contribution in [2.75, 3.05) is 20.4 Å². The Morgan fingerprint density at radius 3 is 2.17 bits per heavy atom. The largest absolute Gasteiger partial charge is 0.271 e. The number of aliphatic imine (C=N–C) groups is 1. The lowest BCUT2D eigenvalue weighted by Crippen LogP contribution is -2.22. The lowest BCUT2D eigenvalue weighted by molar-refractivity contribution is 0.520. The van der Waals surface area contributed by atoms with E-state index in [0.29, 0.717) is 0 Å². The Bertz CT molecular complexity index is 1180. The van der Waals surface area contributed by atoms with Crippen LogP contribution in [0.1, 0.15) is 5.56 Å². The molecular formula is C18H20N4O4S3. The third kappa shape index (κ3) is 4.97. The summed E-state index contributed by atoms with van der Waals surface area (Å²) in [6, 6.07) is 9.93. The maximum atomic E-state index is 13.2. The lowest BCUT2D eigenvalue weighted by atomic mass is 10.2. The molecule has 2 aromatic rings. The van der Waals surface area contributed by atoms with Crippen LogP contribution in [0.3, 0.4) is 0 Å². The van der Waals surface area contributed by atoms with Crippen LogP contribution in [0.5, 0.6) is 0 Å². The van der Waals surface area contributed by atoms with Gasteiger partial charge < -0.3 is 0 Å². The Hall–Kier alpha value is -2.39. The van der Waals surface area contributed by atoms with Gasteiger partial charge in [-0.05, 0) is 43.5 Å². The minimum atomic E-state index is -3.97. The summed E-state index contributed by atoms with van der Waals surface area (Å²) in [6.07, 6.45) is 3.37. The van der Waals surface area contributed by atoms with Gasteiger partial charge in [-0.1, -0.05) is 29.5 Å². The monoisotopic (exact) mass is 452 g/mol. The zero-order chi connectivity index (χ0) is 21.8. The van der Waals surface area contributed by atoms with Crippen molar-refractivity contribution in [3.63, 3.8) is 0 Å². The molecule has 0 saturated carbocycles. The molecule has 0 aliphatic heterocycles. The number of benzene rings is 2. The van der Waals surface area contributed by atoms with E-state index in [1.165, 1.54) is 44.4 Å². The van der Waals surface area contributed by atoms with E-state index < -0.39 is 19.9 Å². The summed E-state index contributed by atoms with van der Waals surface area (Å²) in [7, 11) is -5.03. The van der Waals surface area contributed by atoms with Crippen LogP contribution in [0.25, 0.3) is 0 Å². The number of hydrogen-bond donors (Lipinski definition) is 1. The Kier molecular flexibility index (Phi) is 7.07. The van der Waals surface area contributed by atoms with Crippen molar-refractivity contribution in [2.24, 2.45) is 4.99 Å². The number of sulfone groups is 1. The van der Waals surface area contributed by atoms with Gasteiger partial charge in [-0.25, -0.2) is 26.1 Å². The highest BCUT2D eigenvalue weighted by Gasteiger charge is 2.25. The maximum Gasteiger partial charge on any atom is 0.242 e. The Morgan fingerprint density at radius 2 is 1.66 bits per heavy atom. The summed E-state index contributed by atoms with van der Waals surface area (Å²) >= 11 is 1.09. The molecule has 29 heavy (non-hydrogen) atoms. The highest BCUT2D eigenvalue weighted by molar-refractivity contribution is 8.13. The minimum absolute atomic E-state index is 0.0571. The van der Waals surface area contributed by atoms with Gasteiger partial charge in [0.25, 0.3) is 0 Å². The van der Waals surface area contributed by atoms with Crippen LogP contribution in [0, 0.1) is 18.4 Å².